The van der Waals surface area contributed by atoms with E-state index in [9.17, 15) is 4.79 Å². The number of hydrogen-bond acceptors (Lipinski definition) is 2. The van der Waals surface area contributed by atoms with Gasteiger partial charge in [-0.1, -0.05) is 182 Å². The lowest BCUT2D eigenvalue weighted by Crippen LogP contribution is -2.17. The van der Waals surface area contributed by atoms with E-state index < -0.39 is 5.92 Å². The molecule has 0 atom stereocenters. The van der Waals surface area contributed by atoms with Crippen molar-refractivity contribution in [3.8, 4) is 0 Å². The average Bonchev–Trinajstić information content (AvgIpc) is 3.41. The molecule has 0 aromatic heterocycles. The molecule has 2 heteroatoms. The van der Waals surface area contributed by atoms with Crippen molar-refractivity contribution in [2.24, 2.45) is 0 Å². The van der Waals surface area contributed by atoms with Crippen molar-refractivity contribution < 1.29 is 9.53 Å². The molecule has 0 aliphatic heterocycles. The van der Waals surface area contributed by atoms with Crippen molar-refractivity contribution in [2.45, 2.75) is 5.92 Å². The number of esters is 1. The zero-order valence-electron chi connectivity index (χ0n) is 24.6. The Hall–Kier alpha value is -5.95. The first-order valence-electron chi connectivity index (χ1n) is 15.1. The maximum absolute atomic E-state index is 14.5. The summed E-state index contributed by atoms with van der Waals surface area (Å²) in [5.41, 5.74) is 13.1. The van der Waals surface area contributed by atoms with Gasteiger partial charge in [0.1, 0.15) is 5.92 Å². The first kappa shape index (κ1) is 27.9. The largest absolute Gasteiger partial charge is 0.424 e. The van der Waals surface area contributed by atoms with Crippen LogP contribution in [-0.4, -0.2) is 5.97 Å². The molecule has 0 fully saturated rings. The average molecular weight is 579 g/mol. The Morgan fingerprint density at radius 1 is 0.489 bits per heavy atom. The highest BCUT2D eigenvalue weighted by Gasteiger charge is 2.33. The van der Waals surface area contributed by atoms with Crippen molar-refractivity contribution in [2.75, 3.05) is 0 Å². The van der Waals surface area contributed by atoms with Crippen molar-refractivity contribution in [1.29, 1.82) is 0 Å². The van der Waals surface area contributed by atoms with Crippen molar-refractivity contribution in [3.63, 3.8) is 0 Å². The van der Waals surface area contributed by atoms with E-state index in [1.54, 1.807) is 0 Å². The molecule has 6 aromatic carbocycles. The number of carbonyl (C=O) groups is 1. The maximum atomic E-state index is 14.5. The van der Waals surface area contributed by atoms with Crippen LogP contribution in [0.1, 0.15) is 44.9 Å². The molecule has 0 amide bonds. The molecule has 2 nitrogen and oxygen atoms in total. The molecule has 214 valence electrons. The third-order valence-corrected chi connectivity index (χ3v) is 8.06. The van der Waals surface area contributed by atoms with Gasteiger partial charge >= 0.3 is 5.97 Å². The standard InChI is InChI=1S/C43H30O2/c44-43(40(33-22-10-3-11-23-33)34-24-12-4-13-25-34)45-42-39(30-38(31-18-6-1-7-19-31)32-20-8-2-9-21-32)36-28-16-17-29-37(36)41(42)35-26-14-5-15-27-35/h1-29,40H. The van der Waals surface area contributed by atoms with Gasteiger partial charge in [-0.15, -0.1) is 0 Å². The lowest BCUT2D eigenvalue weighted by atomic mass is 9.91. The number of benzene rings is 6. The number of rotatable bonds is 7. The van der Waals surface area contributed by atoms with E-state index in [-0.39, 0.29) is 5.97 Å². The lowest BCUT2D eigenvalue weighted by Gasteiger charge is -2.19. The Kier molecular flexibility index (Phi) is 7.88. The summed E-state index contributed by atoms with van der Waals surface area (Å²) in [6, 6.07) is 58.5. The van der Waals surface area contributed by atoms with Gasteiger partial charge in [-0.05, 0) is 33.4 Å². The SMILES string of the molecule is O=C(OC1=C(c2ccccc2)c2ccccc2C1=C=C(c1ccccc1)c1ccccc1)C(c1ccccc1)c1ccccc1. The number of carbonyl (C=O) groups excluding carboxylic acids is 1. The van der Waals surface area contributed by atoms with Crippen LogP contribution in [0.2, 0.25) is 0 Å². The van der Waals surface area contributed by atoms with Gasteiger partial charge in [0.2, 0.25) is 0 Å². The fourth-order valence-corrected chi connectivity index (χ4v) is 5.97. The highest BCUT2D eigenvalue weighted by atomic mass is 16.5. The molecule has 7 rings (SSSR count). The second kappa shape index (κ2) is 12.7. The number of ether oxygens (including phenoxy) is 1. The lowest BCUT2D eigenvalue weighted by molar-refractivity contribution is -0.139. The summed E-state index contributed by atoms with van der Waals surface area (Å²) in [6.45, 7) is 0. The summed E-state index contributed by atoms with van der Waals surface area (Å²) >= 11 is 0. The predicted molar refractivity (Wildman–Crippen MR) is 182 cm³/mol. The molecule has 6 aromatic rings. The Morgan fingerprint density at radius 2 is 0.911 bits per heavy atom. The zero-order valence-corrected chi connectivity index (χ0v) is 24.6. The summed E-state index contributed by atoms with van der Waals surface area (Å²) in [5.74, 6) is -0.439. The van der Waals surface area contributed by atoms with E-state index in [0.29, 0.717) is 5.76 Å². The molecule has 0 bridgehead atoms. The second-order valence-corrected chi connectivity index (χ2v) is 10.9. The van der Waals surface area contributed by atoms with Gasteiger partial charge in [-0.3, -0.25) is 4.79 Å². The summed E-state index contributed by atoms with van der Waals surface area (Å²) in [5, 5.41) is 0. The van der Waals surface area contributed by atoms with Gasteiger partial charge in [0.25, 0.3) is 0 Å². The number of allylic oxidation sites excluding steroid dienone is 1. The minimum atomic E-state index is -0.603. The van der Waals surface area contributed by atoms with Crippen LogP contribution in [0.15, 0.2) is 187 Å². The van der Waals surface area contributed by atoms with Gasteiger partial charge in [0, 0.05) is 16.7 Å². The maximum Gasteiger partial charge on any atom is 0.323 e. The normalized spacial score (nSPS) is 12.1. The molecule has 1 aliphatic carbocycles. The van der Waals surface area contributed by atoms with Crippen LogP contribution in [-0.2, 0) is 9.53 Å². The highest BCUT2D eigenvalue weighted by molar-refractivity contribution is 6.06. The van der Waals surface area contributed by atoms with Crippen LogP contribution in [0.3, 0.4) is 0 Å². The number of hydrogen-bond donors (Lipinski definition) is 0. The van der Waals surface area contributed by atoms with E-state index in [1.165, 1.54) is 0 Å². The summed E-state index contributed by atoms with van der Waals surface area (Å²) < 4.78 is 6.64. The van der Waals surface area contributed by atoms with Crippen LogP contribution in [0.25, 0.3) is 16.7 Å². The Labute approximate surface area is 263 Å². The fourth-order valence-electron chi connectivity index (χ4n) is 5.97. The summed E-state index contributed by atoms with van der Waals surface area (Å²) in [7, 11) is 0. The molecule has 0 radical (unpaired) electrons. The molecule has 1 aliphatic rings. The van der Waals surface area contributed by atoms with Gasteiger partial charge in [0.15, 0.2) is 5.76 Å². The highest BCUT2D eigenvalue weighted by Crippen LogP contribution is 2.46. The first-order chi connectivity index (χ1) is 22.3. The predicted octanol–water partition coefficient (Wildman–Crippen LogP) is 9.95. The van der Waals surface area contributed by atoms with Gasteiger partial charge in [-0.25, -0.2) is 0 Å². The van der Waals surface area contributed by atoms with Crippen LogP contribution < -0.4 is 0 Å². The van der Waals surface area contributed by atoms with Crippen LogP contribution in [0, 0.1) is 0 Å². The molecule has 0 unspecified atom stereocenters. The second-order valence-electron chi connectivity index (χ2n) is 10.9. The fraction of sp³-hybridized carbons (Fsp3) is 0.0233. The molecule has 0 saturated heterocycles. The quantitative estimate of drug-likeness (QED) is 0.139. The van der Waals surface area contributed by atoms with E-state index in [1.807, 2.05) is 127 Å². The minimum Gasteiger partial charge on any atom is -0.424 e. The zero-order chi connectivity index (χ0) is 30.4. The van der Waals surface area contributed by atoms with Crippen molar-refractivity contribution >= 4 is 22.7 Å². The van der Waals surface area contributed by atoms with Crippen LogP contribution in [0.5, 0.6) is 0 Å². The minimum absolute atomic E-state index is 0.344. The third-order valence-electron chi connectivity index (χ3n) is 8.06. The molecule has 0 spiro atoms. The van der Waals surface area contributed by atoms with E-state index in [4.69, 9.17) is 4.74 Å². The molecule has 0 saturated carbocycles. The van der Waals surface area contributed by atoms with Gasteiger partial charge in [0.05, 0.1) is 5.57 Å². The molecule has 0 N–H and O–H groups in total. The van der Waals surface area contributed by atoms with E-state index in [0.717, 1.165) is 55.7 Å². The van der Waals surface area contributed by atoms with E-state index in [2.05, 4.69) is 54.3 Å². The van der Waals surface area contributed by atoms with Gasteiger partial charge in [-0.2, -0.15) is 0 Å². The Balaban J connectivity index is 1.49. The monoisotopic (exact) mass is 578 g/mol. The van der Waals surface area contributed by atoms with Crippen molar-refractivity contribution in [1.82, 2.24) is 0 Å². The Bertz CT molecular complexity index is 1960. The molecule has 45 heavy (non-hydrogen) atoms. The third kappa shape index (κ3) is 5.71. The summed E-state index contributed by atoms with van der Waals surface area (Å²) in [6.07, 6.45) is 0. The Morgan fingerprint density at radius 3 is 1.42 bits per heavy atom. The molecular formula is C43H30O2. The topological polar surface area (TPSA) is 26.3 Å². The van der Waals surface area contributed by atoms with Crippen LogP contribution in [0.4, 0.5) is 0 Å². The molecular weight excluding hydrogens is 548 g/mol. The van der Waals surface area contributed by atoms with Crippen LogP contribution >= 0.6 is 0 Å². The number of fused-ring (bicyclic) bond motifs is 1. The first-order valence-corrected chi connectivity index (χ1v) is 15.1. The van der Waals surface area contributed by atoms with Crippen molar-refractivity contribution in [3.05, 3.63) is 226 Å². The molecule has 0 heterocycles. The summed E-state index contributed by atoms with van der Waals surface area (Å²) in [4.78, 5) is 14.5. The van der Waals surface area contributed by atoms with Gasteiger partial charge < -0.3 is 4.74 Å². The smallest absolute Gasteiger partial charge is 0.323 e. The van der Waals surface area contributed by atoms with E-state index >= 15 is 0 Å².